The first-order valence-corrected chi connectivity index (χ1v) is 13.0. The lowest BCUT2D eigenvalue weighted by molar-refractivity contribution is -0.890. The van der Waals surface area contributed by atoms with Gasteiger partial charge >= 0.3 is 5.97 Å². The lowest BCUT2D eigenvalue weighted by Gasteiger charge is -2.29. The third-order valence-electron chi connectivity index (χ3n) is 6.06. The lowest BCUT2D eigenvalue weighted by atomic mass is 10.1. The molecule has 0 aliphatic rings. The number of esters is 1. The van der Waals surface area contributed by atoms with E-state index >= 15 is 0 Å². The molecule has 0 N–H and O–H groups in total. The van der Waals surface area contributed by atoms with Gasteiger partial charge in [0.25, 0.3) is 0 Å². The monoisotopic (exact) mass is 412 g/mol. The maximum Gasteiger partial charge on any atom is 0.305 e. The molecule has 0 atom stereocenters. The van der Waals surface area contributed by atoms with Crippen molar-refractivity contribution in [2.45, 2.75) is 129 Å². The fraction of sp³-hybridized carbons (Fsp3) is 0.962. The quantitative estimate of drug-likeness (QED) is 0.104. The summed E-state index contributed by atoms with van der Waals surface area (Å²) >= 11 is 0. The summed E-state index contributed by atoms with van der Waals surface area (Å²) in [6.45, 7) is 7.21. The molecule has 0 fully saturated rings. The van der Waals surface area contributed by atoms with Gasteiger partial charge < -0.3 is 9.22 Å². The first kappa shape index (κ1) is 28.4. The van der Waals surface area contributed by atoms with Gasteiger partial charge in [0.15, 0.2) is 0 Å². The third-order valence-corrected chi connectivity index (χ3v) is 6.06. The second-order valence-corrected chi connectivity index (χ2v) is 9.66. The smallest absolute Gasteiger partial charge is 0.305 e. The van der Waals surface area contributed by atoms with Crippen LogP contribution in [-0.2, 0) is 9.53 Å². The number of rotatable bonds is 22. The van der Waals surface area contributed by atoms with Crippen molar-refractivity contribution in [1.82, 2.24) is 0 Å². The van der Waals surface area contributed by atoms with Crippen LogP contribution in [0.2, 0.25) is 0 Å². The molecule has 0 saturated heterocycles. The summed E-state index contributed by atoms with van der Waals surface area (Å²) in [6, 6.07) is 0. The number of carbonyl (C=O) groups is 1. The Hall–Kier alpha value is -0.570. The minimum atomic E-state index is -0.00232. The molecule has 29 heavy (non-hydrogen) atoms. The molecule has 174 valence electrons. The van der Waals surface area contributed by atoms with E-state index in [-0.39, 0.29) is 5.97 Å². The molecule has 0 unspecified atom stereocenters. The topological polar surface area (TPSA) is 26.3 Å². The Balaban J connectivity index is 3.47. The molecule has 0 aromatic carbocycles. The normalized spacial score (nSPS) is 11.7. The van der Waals surface area contributed by atoms with Crippen LogP contribution in [0.15, 0.2) is 0 Å². The minimum Gasteiger partial charge on any atom is -0.460 e. The first-order valence-electron chi connectivity index (χ1n) is 13.0. The van der Waals surface area contributed by atoms with Crippen LogP contribution in [0.5, 0.6) is 0 Å². The SMILES string of the molecule is CCCCCCCCCCCC[N+](C)(C)CCOC(=O)CCCCCCCCC. The van der Waals surface area contributed by atoms with E-state index in [0.29, 0.717) is 13.0 Å². The summed E-state index contributed by atoms with van der Waals surface area (Å²) in [6.07, 6.45) is 23.1. The highest BCUT2D eigenvalue weighted by Gasteiger charge is 2.15. The number of nitrogens with zero attached hydrogens (tertiary/aromatic N) is 1. The summed E-state index contributed by atoms with van der Waals surface area (Å²) in [7, 11) is 4.52. The molecule has 0 aliphatic carbocycles. The molecule has 0 aromatic heterocycles. The minimum absolute atomic E-state index is 0.00232. The molecule has 0 spiro atoms. The van der Waals surface area contributed by atoms with E-state index in [0.717, 1.165) is 17.4 Å². The Bertz CT molecular complexity index is 355. The molecule has 0 heterocycles. The fourth-order valence-electron chi connectivity index (χ4n) is 3.84. The molecule has 0 aromatic rings. The molecular formula is C26H54NO2+. The fourth-order valence-corrected chi connectivity index (χ4v) is 3.84. The highest BCUT2D eigenvalue weighted by atomic mass is 16.5. The van der Waals surface area contributed by atoms with Crippen molar-refractivity contribution in [3.05, 3.63) is 0 Å². The molecular weight excluding hydrogens is 358 g/mol. The van der Waals surface area contributed by atoms with Crippen LogP contribution in [-0.4, -0.2) is 44.2 Å². The number of ether oxygens (including phenoxy) is 1. The predicted octanol–water partition coefficient (Wildman–Crippen LogP) is 7.67. The van der Waals surface area contributed by atoms with Gasteiger partial charge in [-0.15, -0.1) is 0 Å². The predicted molar refractivity (Wildman–Crippen MR) is 127 cm³/mol. The van der Waals surface area contributed by atoms with Crippen LogP contribution < -0.4 is 0 Å². The van der Waals surface area contributed by atoms with Crippen LogP contribution >= 0.6 is 0 Å². The Labute approximate surface area is 183 Å². The second kappa shape index (κ2) is 20.7. The van der Waals surface area contributed by atoms with Crippen LogP contribution in [0.3, 0.4) is 0 Å². The van der Waals surface area contributed by atoms with E-state index in [2.05, 4.69) is 27.9 Å². The van der Waals surface area contributed by atoms with Gasteiger partial charge in [-0.2, -0.15) is 0 Å². The molecule has 0 aliphatic heterocycles. The van der Waals surface area contributed by atoms with Crippen molar-refractivity contribution in [1.29, 1.82) is 0 Å². The Morgan fingerprint density at radius 1 is 0.586 bits per heavy atom. The Morgan fingerprint density at radius 2 is 1.00 bits per heavy atom. The molecule has 0 rings (SSSR count). The van der Waals surface area contributed by atoms with Gasteiger partial charge in [-0.3, -0.25) is 4.79 Å². The standard InChI is InChI=1S/C26H54NO2/c1-5-7-9-11-13-14-15-17-19-21-23-27(3,4)24-25-29-26(28)22-20-18-16-12-10-8-6-2/h5-25H2,1-4H3/q+1. The van der Waals surface area contributed by atoms with Gasteiger partial charge in [-0.05, 0) is 19.3 Å². The van der Waals surface area contributed by atoms with Gasteiger partial charge in [0.05, 0.1) is 20.6 Å². The van der Waals surface area contributed by atoms with E-state index < -0.39 is 0 Å². The zero-order valence-corrected chi connectivity index (χ0v) is 20.6. The summed E-state index contributed by atoms with van der Waals surface area (Å²) in [5.41, 5.74) is 0. The maximum atomic E-state index is 11.9. The van der Waals surface area contributed by atoms with E-state index in [1.807, 2.05) is 0 Å². The van der Waals surface area contributed by atoms with Crippen molar-refractivity contribution in [2.75, 3.05) is 33.8 Å². The van der Waals surface area contributed by atoms with Gasteiger partial charge in [-0.1, -0.05) is 104 Å². The first-order chi connectivity index (χ1) is 14.0. The molecule has 3 nitrogen and oxygen atoms in total. The van der Waals surface area contributed by atoms with Crippen LogP contribution in [0.1, 0.15) is 129 Å². The molecule has 0 bridgehead atoms. The molecule has 0 radical (unpaired) electrons. The second-order valence-electron chi connectivity index (χ2n) is 9.66. The maximum absolute atomic E-state index is 11.9. The zero-order chi connectivity index (χ0) is 21.6. The highest BCUT2D eigenvalue weighted by molar-refractivity contribution is 5.69. The summed E-state index contributed by atoms with van der Waals surface area (Å²) in [5, 5.41) is 0. The lowest BCUT2D eigenvalue weighted by Crippen LogP contribution is -2.43. The van der Waals surface area contributed by atoms with Crippen LogP contribution in [0.25, 0.3) is 0 Å². The van der Waals surface area contributed by atoms with Crippen molar-refractivity contribution in [3.8, 4) is 0 Å². The summed E-state index contributed by atoms with van der Waals surface area (Å²) in [4.78, 5) is 11.9. The van der Waals surface area contributed by atoms with Gasteiger partial charge in [-0.25, -0.2) is 0 Å². The number of likely N-dealkylation sites (N-methyl/N-ethyl adjacent to an activating group) is 1. The van der Waals surface area contributed by atoms with Crippen molar-refractivity contribution < 1.29 is 14.0 Å². The average molecular weight is 413 g/mol. The number of carbonyl (C=O) groups excluding carboxylic acids is 1. The summed E-state index contributed by atoms with van der Waals surface area (Å²) in [5.74, 6) is -0.00232. The number of hydrogen-bond acceptors (Lipinski definition) is 2. The highest BCUT2D eigenvalue weighted by Crippen LogP contribution is 2.12. The molecule has 0 amide bonds. The van der Waals surface area contributed by atoms with E-state index in [1.54, 1.807) is 0 Å². The zero-order valence-electron chi connectivity index (χ0n) is 20.6. The molecule has 3 heteroatoms. The Morgan fingerprint density at radius 3 is 1.48 bits per heavy atom. The van der Waals surface area contributed by atoms with E-state index in [1.165, 1.54) is 109 Å². The number of hydrogen-bond donors (Lipinski definition) is 0. The Kier molecular flexibility index (Phi) is 20.3. The van der Waals surface area contributed by atoms with Crippen molar-refractivity contribution in [2.24, 2.45) is 0 Å². The van der Waals surface area contributed by atoms with Gasteiger partial charge in [0, 0.05) is 6.42 Å². The molecule has 0 saturated carbocycles. The van der Waals surface area contributed by atoms with Crippen molar-refractivity contribution in [3.63, 3.8) is 0 Å². The van der Waals surface area contributed by atoms with Crippen molar-refractivity contribution >= 4 is 5.97 Å². The largest absolute Gasteiger partial charge is 0.460 e. The van der Waals surface area contributed by atoms with Crippen LogP contribution in [0, 0.1) is 0 Å². The summed E-state index contributed by atoms with van der Waals surface area (Å²) < 4.78 is 6.43. The van der Waals surface area contributed by atoms with Gasteiger partial charge in [0.2, 0.25) is 0 Å². The van der Waals surface area contributed by atoms with Crippen LogP contribution in [0.4, 0.5) is 0 Å². The third kappa shape index (κ3) is 21.9. The van der Waals surface area contributed by atoms with E-state index in [4.69, 9.17) is 4.74 Å². The van der Waals surface area contributed by atoms with E-state index in [9.17, 15) is 4.79 Å². The number of quaternary nitrogens is 1. The number of unbranched alkanes of at least 4 members (excludes halogenated alkanes) is 15. The van der Waals surface area contributed by atoms with Gasteiger partial charge in [0.1, 0.15) is 13.2 Å². The average Bonchev–Trinajstić information content (AvgIpc) is 2.68.